The molecule has 0 saturated carbocycles. The number of nitrogens with one attached hydrogen (secondary N) is 1. The molecule has 0 radical (unpaired) electrons. The van der Waals surface area contributed by atoms with E-state index in [2.05, 4.69) is 64.2 Å². The van der Waals surface area contributed by atoms with Crippen LogP contribution in [0.5, 0.6) is 0 Å². The Kier molecular flexibility index (Phi) is 5.20. The van der Waals surface area contributed by atoms with Crippen molar-refractivity contribution >= 4 is 0 Å². The summed E-state index contributed by atoms with van der Waals surface area (Å²) in [5.74, 6) is 0. The first-order chi connectivity index (χ1) is 8.04. The third-order valence-electron chi connectivity index (χ3n) is 3.83. The number of benzene rings is 1. The summed E-state index contributed by atoms with van der Waals surface area (Å²) in [6, 6.07) is 9.53. The molecule has 1 N–H and O–H groups in total. The van der Waals surface area contributed by atoms with Crippen LogP contribution in [0, 0.1) is 6.92 Å². The van der Waals surface area contributed by atoms with Gasteiger partial charge in [-0.1, -0.05) is 57.5 Å². The second kappa shape index (κ2) is 6.20. The maximum absolute atomic E-state index is 3.61. The molecular weight excluding hydrogens is 206 g/mol. The molecule has 0 saturated heterocycles. The van der Waals surface area contributed by atoms with Crippen molar-refractivity contribution in [3.63, 3.8) is 0 Å². The predicted molar refractivity (Wildman–Crippen MR) is 76.6 cm³/mol. The summed E-state index contributed by atoms with van der Waals surface area (Å²) in [6.07, 6.45) is 2.37. The van der Waals surface area contributed by atoms with Crippen LogP contribution in [0.2, 0.25) is 0 Å². The van der Waals surface area contributed by atoms with E-state index in [1.54, 1.807) is 0 Å². The Morgan fingerprint density at radius 1 is 1.18 bits per heavy atom. The summed E-state index contributed by atoms with van der Waals surface area (Å²) in [7, 11) is 0. The van der Waals surface area contributed by atoms with Crippen molar-refractivity contribution < 1.29 is 0 Å². The van der Waals surface area contributed by atoms with Crippen LogP contribution >= 0.6 is 0 Å². The van der Waals surface area contributed by atoms with Gasteiger partial charge in [0.25, 0.3) is 0 Å². The van der Waals surface area contributed by atoms with Gasteiger partial charge in [-0.2, -0.15) is 0 Å². The molecule has 1 aromatic rings. The molecule has 0 aliphatic carbocycles. The largest absolute Gasteiger partial charge is 0.314 e. The first kappa shape index (κ1) is 14.2. The van der Waals surface area contributed by atoms with E-state index in [0.29, 0.717) is 6.04 Å². The number of aryl methyl sites for hydroxylation is 1. The lowest BCUT2D eigenvalue weighted by Gasteiger charge is -2.34. The predicted octanol–water partition coefficient (Wildman–Crippen LogP) is 4.05. The van der Waals surface area contributed by atoms with Crippen molar-refractivity contribution in [2.24, 2.45) is 0 Å². The SMILES string of the molecule is CCC(CC)(CNC(C)C)c1cccc(C)c1. The second-order valence-corrected chi connectivity index (χ2v) is 5.39. The molecule has 1 nitrogen and oxygen atoms in total. The lowest BCUT2D eigenvalue weighted by Crippen LogP contribution is -2.40. The first-order valence-corrected chi connectivity index (χ1v) is 6.84. The van der Waals surface area contributed by atoms with Crippen LogP contribution in [0.1, 0.15) is 51.7 Å². The molecular formula is C16H27N. The number of rotatable bonds is 6. The average Bonchev–Trinajstić information content (AvgIpc) is 2.31. The monoisotopic (exact) mass is 233 g/mol. The molecule has 17 heavy (non-hydrogen) atoms. The molecule has 0 amide bonds. The van der Waals surface area contributed by atoms with Crippen LogP contribution in [0.4, 0.5) is 0 Å². The van der Waals surface area contributed by atoms with Gasteiger partial charge in [0.1, 0.15) is 0 Å². The van der Waals surface area contributed by atoms with Gasteiger partial charge >= 0.3 is 0 Å². The summed E-state index contributed by atoms with van der Waals surface area (Å²) < 4.78 is 0. The molecule has 1 aromatic carbocycles. The van der Waals surface area contributed by atoms with E-state index in [1.807, 2.05) is 0 Å². The topological polar surface area (TPSA) is 12.0 Å². The molecule has 0 unspecified atom stereocenters. The van der Waals surface area contributed by atoms with Gasteiger partial charge < -0.3 is 5.32 Å². The van der Waals surface area contributed by atoms with Crippen LogP contribution in [0.3, 0.4) is 0 Å². The minimum atomic E-state index is 0.288. The summed E-state index contributed by atoms with van der Waals surface area (Å²) in [4.78, 5) is 0. The lowest BCUT2D eigenvalue weighted by molar-refractivity contribution is 0.354. The molecule has 0 aliphatic heterocycles. The highest BCUT2D eigenvalue weighted by molar-refractivity contribution is 5.30. The zero-order valence-electron chi connectivity index (χ0n) is 12.0. The molecule has 1 rings (SSSR count). The molecule has 0 atom stereocenters. The zero-order valence-corrected chi connectivity index (χ0v) is 12.0. The van der Waals surface area contributed by atoms with Crippen LogP contribution in [0.15, 0.2) is 24.3 Å². The van der Waals surface area contributed by atoms with E-state index in [9.17, 15) is 0 Å². The van der Waals surface area contributed by atoms with Crippen LogP contribution in [-0.2, 0) is 5.41 Å². The lowest BCUT2D eigenvalue weighted by atomic mass is 9.75. The highest BCUT2D eigenvalue weighted by Gasteiger charge is 2.28. The van der Waals surface area contributed by atoms with Crippen molar-refractivity contribution in [2.45, 2.75) is 58.9 Å². The first-order valence-electron chi connectivity index (χ1n) is 6.84. The van der Waals surface area contributed by atoms with Gasteiger partial charge in [-0.05, 0) is 25.3 Å². The normalized spacial score (nSPS) is 12.1. The third-order valence-corrected chi connectivity index (χ3v) is 3.83. The van der Waals surface area contributed by atoms with Crippen molar-refractivity contribution in [3.05, 3.63) is 35.4 Å². The molecule has 1 heteroatoms. The Bertz CT molecular complexity index is 337. The molecule has 0 heterocycles. The Hall–Kier alpha value is -0.820. The highest BCUT2D eigenvalue weighted by Crippen LogP contribution is 2.31. The van der Waals surface area contributed by atoms with Crippen LogP contribution < -0.4 is 5.32 Å². The minimum Gasteiger partial charge on any atom is -0.314 e. The van der Waals surface area contributed by atoms with Crippen LogP contribution in [-0.4, -0.2) is 12.6 Å². The summed E-state index contributed by atoms with van der Waals surface area (Å²) in [5, 5.41) is 3.61. The van der Waals surface area contributed by atoms with E-state index in [1.165, 1.54) is 24.0 Å². The van der Waals surface area contributed by atoms with Gasteiger partial charge in [-0.25, -0.2) is 0 Å². The van der Waals surface area contributed by atoms with Gasteiger partial charge in [-0.15, -0.1) is 0 Å². The fourth-order valence-corrected chi connectivity index (χ4v) is 2.38. The molecule has 0 aliphatic rings. The second-order valence-electron chi connectivity index (χ2n) is 5.39. The fourth-order valence-electron chi connectivity index (χ4n) is 2.38. The molecule has 0 spiro atoms. The summed E-state index contributed by atoms with van der Waals surface area (Å²) in [5.41, 5.74) is 3.13. The van der Waals surface area contributed by atoms with Crippen molar-refractivity contribution in [1.29, 1.82) is 0 Å². The van der Waals surface area contributed by atoms with E-state index in [-0.39, 0.29) is 5.41 Å². The standard InChI is InChI=1S/C16H27N/c1-6-16(7-2,12-17-13(3)4)15-10-8-9-14(5)11-15/h8-11,13,17H,6-7,12H2,1-5H3. The van der Waals surface area contributed by atoms with Gasteiger partial charge in [0.05, 0.1) is 0 Å². The number of hydrogen-bond donors (Lipinski definition) is 1. The van der Waals surface area contributed by atoms with Gasteiger partial charge in [0.15, 0.2) is 0 Å². The van der Waals surface area contributed by atoms with Crippen molar-refractivity contribution in [2.75, 3.05) is 6.54 Å². The zero-order chi connectivity index (χ0) is 12.9. The Balaban J connectivity index is 2.97. The van der Waals surface area contributed by atoms with E-state index < -0.39 is 0 Å². The van der Waals surface area contributed by atoms with E-state index in [4.69, 9.17) is 0 Å². The summed E-state index contributed by atoms with van der Waals surface area (Å²) in [6.45, 7) is 12.3. The molecule has 0 bridgehead atoms. The Morgan fingerprint density at radius 2 is 1.82 bits per heavy atom. The maximum atomic E-state index is 3.61. The van der Waals surface area contributed by atoms with Crippen LogP contribution in [0.25, 0.3) is 0 Å². The number of hydrogen-bond acceptors (Lipinski definition) is 1. The van der Waals surface area contributed by atoms with E-state index >= 15 is 0 Å². The third kappa shape index (κ3) is 3.57. The molecule has 0 aromatic heterocycles. The molecule has 96 valence electrons. The smallest absolute Gasteiger partial charge is 0.00727 e. The van der Waals surface area contributed by atoms with E-state index in [0.717, 1.165) is 6.54 Å². The van der Waals surface area contributed by atoms with Gasteiger partial charge in [0.2, 0.25) is 0 Å². The van der Waals surface area contributed by atoms with Gasteiger partial charge in [0, 0.05) is 18.0 Å². The Morgan fingerprint density at radius 3 is 2.29 bits per heavy atom. The summed E-state index contributed by atoms with van der Waals surface area (Å²) >= 11 is 0. The maximum Gasteiger partial charge on any atom is 0.00727 e. The average molecular weight is 233 g/mol. The minimum absolute atomic E-state index is 0.288. The van der Waals surface area contributed by atoms with Crippen molar-refractivity contribution in [3.8, 4) is 0 Å². The Labute approximate surface area is 107 Å². The van der Waals surface area contributed by atoms with Crippen molar-refractivity contribution in [1.82, 2.24) is 5.32 Å². The fraction of sp³-hybridized carbons (Fsp3) is 0.625. The van der Waals surface area contributed by atoms with Gasteiger partial charge in [-0.3, -0.25) is 0 Å². The quantitative estimate of drug-likeness (QED) is 0.781. The highest BCUT2D eigenvalue weighted by atomic mass is 14.9. The molecule has 0 fully saturated rings.